The number of carbonyl (C=O) groups excluding carboxylic acids is 1. The molecule has 0 aliphatic heterocycles. The quantitative estimate of drug-likeness (QED) is 0.662. The van der Waals surface area contributed by atoms with Gasteiger partial charge in [0.25, 0.3) is 0 Å². The highest BCUT2D eigenvalue weighted by atomic mass is 16.5. The van der Waals surface area contributed by atoms with Crippen molar-refractivity contribution < 1.29 is 14.3 Å². The molecule has 22 heavy (non-hydrogen) atoms. The van der Waals surface area contributed by atoms with E-state index in [1.807, 2.05) is 19.9 Å². The summed E-state index contributed by atoms with van der Waals surface area (Å²) >= 11 is 0. The van der Waals surface area contributed by atoms with Crippen LogP contribution >= 0.6 is 0 Å². The zero-order valence-electron chi connectivity index (χ0n) is 14.6. The summed E-state index contributed by atoms with van der Waals surface area (Å²) < 4.78 is 11.3. The number of allylic oxidation sites excluding steroid dienone is 3. The molecule has 0 aromatic carbocycles. The molecule has 126 valence electrons. The van der Waals surface area contributed by atoms with Crippen molar-refractivity contribution in [3.8, 4) is 0 Å². The van der Waals surface area contributed by atoms with Crippen LogP contribution in [0.2, 0.25) is 0 Å². The lowest BCUT2D eigenvalue weighted by atomic mass is 9.88. The topological polar surface area (TPSA) is 35.5 Å². The first-order chi connectivity index (χ1) is 10.5. The minimum absolute atomic E-state index is 0.133. The molecule has 3 unspecified atom stereocenters. The highest BCUT2D eigenvalue weighted by Crippen LogP contribution is 2.22. The Bertz CT molecular complexity index is 371. The van der Waals surface area contributed by atoms with Gasteiger partial charge in [-0.25, -0.2) is 0 Å². The molecule has 3 nitrogen and oxygen atoms in total. The van der Waals surface area contributed by atoms with Gasteiger partial charge in [-0.15, -0.1) is 0 Å². The van der Waals surface area contributed by atoms with Crippen LogP contribution in [-0.4, -0.2) is 31.7 Å². The van der Waals surface area contributed by atoms with Crippen molar-refractivity contribution in [2.24, 2.45) is 17.8 Å². The molecular formula is C19H32O3. The minimum Gasteiger partial charge on any atom is -0.378 e. The molecule has 0 aromatic heterocycles. The van der Waals surface area contributed by atoms with E-state index < -0.39 is 0 Å². The van der Waals surface area contributed by atoms with Gasteiger partial charge in [-0.1, -0.05) is 32.1 Å². The fraction of sp³-hybridized carbons (Fsp3) is 0.737. The molecule has 1 rings (SSSR count). The molecule has 0 fully saturated rings. The van der Waals surface area contributed by atoms with Crippen LogP contribution in [0.25, 0.3) is 0 Å². The smallest absolute Gasteiger partial charge is 0.155 e. The lowest BCUT2D eigenvalue weighted by Gasteiger charge is -2.19. The molecule has 0 spiro atoms. The van der Waals surface area contributed by atoms with E-state index in [-0.39, 0.29) is 11.9 Å². The molecule has 3 atom stereocenters. The molecule has 0 amide bonds. The number of ketones is 1. The van der Waals surface area contributed by atoms with Crippen LogP contribution in [0, 0.1) is 17.8 Å². The lowest BCUT2D eigenvalue weighted by molar-refractivity contribution is -0.114. The maximum absolute atomic E-state index is 11.8. The van der Waals surface area contributed by atoms with E-state index in [1.54, 1.807) is 6.08 Å². The Morgan fingerprint density at radius 2 is 2.05 bits per heavy atom. The van der Waals surface area contributed by atoms with E-state index in [9.17, 15) is 4.79 Å². The predicted octanol–water partition coefficient (Wildman–Crippen LogP) is 4.18. The van der Waals surface area contributed by atoms with E-state index in [0.29, 0.717) is 37.4 Å². The molecular weight excluding hydrogens is 276 g/mol. The van der Waals surface area contributed by atoms with Crippen molar-refractivity contribution in [3.63, 3.8) is 0 Å². The number of carbonyl (C=O) groups is 1. The largest absolute Gasteiger partial charge is 0.378 e. The zero-order valence-corrected chi connectivity index (χ0v) is 14.6. The van der Waals surface area contributed by atoms with E-state index in [1.165, 1.54) is 0 Å². The molecule has 0 bridgehead atoms. The van der Waals surface area contributed by atoms with Crippen molar-refractivity contribution >= 4 is 5.78 Å². The summed E-state index contributed by atoms with van der Waals surface area (Å²) in [7, 11) is 0. The normalized spacial score (nSPS) is 24.7. The van der Waals surface area contributed by atoms with E-state index in [4.69, 9.17) is 9.47 Å². The molecule has 0 saturated carbocycles. The first kappa shape index (κ1) is 19.1. The van der Waals surface area contributed by atoms with Gasteiger partial charge in [-0.2, -0.15) is 0 Å². The summed E-state index contributed by atoms with van der Waals surface area (Å²) in [5.74, 6) is 1.61. The van der Waals surface area contributed by atoms with Gasteiger partial charge in [0.1, 0.15) is 0 Å². The van der Waals surface area contributed by atoms with Crippen LogP contribution in [0.5, 0.6) is 0 Å². The predicted molar refractivity (Wildman–Crippen MR) is 90.9 cm³/mol. The summed E-state index contributed by atoms with van der Waals surface area (Å²) in [4.78, 5) is 11.8. The number of rotatable bonds is 7. The monoisotopic (exact) mass is 308 g/mol. The van der Waals surface area contributed by atoms with Gasteiger partial charge in [0.15, 0.2) is 5.78 Å². The Balaban J connectivity index is 2.55. The molecule has 0 aromatic rings. The van der Waals surface area contributed by atoms with Gasteiger partial charge >= 0.3 is 0 Å². The Morgan fingerprint density at radius 3 is 2.73 bits per heavy atom. The molecule has 0 radical (unpaired) electrons. The highest BCUT2D eigenvalue weighted by Gasteiger charge is 2.14. The van der Waals surface area contributed by atoms with E-state index in [0.717, 1.165) is 19.4 Å². The Hall–Kier alpha value is -0.930. The Morgan fingerprint density at radius 1 is 1.27 bits per heavy atom. The van der Waals surface area contributed by atoms with E-state index >= 15 is 0 Å². The summed E-state index contributed by atoms with van der Waals surface area (Å²) in [5, 5.41) is 0. The summed E-state index contributed by atoms with van der Waals surface area (Å²) in [6.45, 7) is 10.5. The van der Waals surface area contributed by atoms with Gasteiger partial charge in [0, 0.05) is 18.9 Å². The summed E-state index contributed by atoms with van der Waals surface area (Å²) in [5.41, 5.74) is 0. The molecule has 0 N–H and O–H groups in total. The molecule has 0 heterocycles. The SMILES string of the molecule is CCOC(C)COCC1C=CC(C(C)C)CCC(=O)C=CC1. The standard InChI is InChI=1S/C19H32O3/c1-5-22-16(4)13-21-14-17-7-6-8-19(20)12-11-18(10-9-17)15(2)3/h6,8-10,15-18H,5,7,11-14H2,1-4H3. The second-order valence-corrected chi connectivity index (χ2v) is 6.50. The van der Waals surface area contributed by atoms with Gasteiger partial charge in [-0.3, -0.25) is 4.79 Å². The van der Waals surface area contributed by atoms with Crippen LogP contribution in [0.1, 0.15) is 47.0 Å². The highest BCUT2D eigenvalue weighted by molar-refractivity contribution is 5.89. The van der Waals surface area contributed by atoms with Crippen LogP contribution in [-0.2, 0) is 14.3 Å². The van der Waals surface area contributed by atoms with Gasteiger partial charge in [0.05, 0.1) is 19.3 Å². The van der Waals surface area contributed by atoms with Crippen molar-refractivity contribution in [1.29, 1.82) is 0 Å². The average molecular weight is 308 g/mol. The van der Waals surface area contributed by atoms with Crippen LogP contribution in [0.4, 0.5) is 0 Å². The second kappa shape index (κ2) is 10.7. The summed E-state index contributed by atoms with van der Waals surface area (Å²) in [6, 6.07) is 0. The summed E-state index contributed by atoms with van der Waals surface area (Å²) in [6.07, 6.45) is 10.9. The third-order valence-corrected chi connectivity index (χ3v) is 4.09. The Labute approximate surface area is 135 Å². The third-order valence-electron chi connectivity index (χ3n) is 4.09. The van der Waals surface area contributed by atoms with Crippen molar-refractivity contribution in [1.82, 2.24) is 0 Å². The van der Waals surface area contributed by atoms with Gasteiger partial charge in [0.2, 0.25) is 0 Å². The van der Waals surface area contributed by atoms with Gasteiger partial charge in [-0.05, 0) is 44.6 Å². The maximum Gasteiger partial charge on any atom is 0.155 e. The zero-order chi connectivity index (χ0) is 16.4. The van der Waals surface area contributed by atoms with Gasteiger partial charge < -0.3 is 9.47 Å². The maximum atomic E-state index is 11.8. The third kappa shape index (κ3) is 7.90. The van der Waals surface area contributed by atoms with E-state index in [2.05, 4.69) is 26.0 Å². The first-order valence-corrected chi connectivity index (χ1v) is 8.60. The fourth-order valence-electron chi connectivity index (χ4n) is 2.64. The first-order valence-electron chi connectivity index (χ1n) is 8.60. The van der Waals surface area contributed by atoms with Crippen molar-refractivity contribution in [2.45, 2.75) is 53.1 Å². The van der Waals surface area contributed by atoms with Crippen molar-refractivity contribution in [2.75, 3.05) is 19.8 Å². The minimum atomic E-state index is 0.133. The lowest BCUT2D eigenvalue weighted by Crippen LogP contribution is -2.19. The molecule has 1 aliphatic carbocycles. The fourth-order valence-corrected chi connectivity index (χ4v) is 2.64. The Kier molecular flexibility index (Phi) is 9.33. The number of hydrogen-bond donors (Lipinski definition) is 0. The second-order valence-electron chi connectivity index (χ2n) is 6.50. The van der Waals surface area contributed by atoms with Crippen molar-refractivity contribution in [3.05, 3.63) is 24.3 Å². The van der Waals surface area contributed by atoms with Crippen LogP contribution in [0.3, 0.4) is 0 Å². The van der Waals surface area contributed by atoms with Crippen LogP contribution < -0.4 is 0 Å². The average Bonchev–Trinajstić information content (AvgIpc) is 2.46. The number of hydrogen-bond acceptors (Lipinski definition) is 3. The molecule has 1 aliphatic rings. The molecule has 0 saturated heterocycles. The molecule has 3 heteroatoms. The van der Waals surface area contributed by atoms with Crippen LogP contribution in [0.15, 0.2) is 24.3 Å². The number of ether oxygens (including phenoxy) is 2.